The Morgan fingerprint density at radius 3 is 2.50 bits per heavy atom. The molecule has 0 aliphatic carbocycles. The number of rotatable bonds is 5. The maximum Gasteiger partial charge on any atom is 0.416 e. The normalized spacial score (nSPS) is 11.2. The zero-order valence-corrected chi connectivity index (χ0v) is 16.4. The van der Waals surface area contributed by atoms with Crippen molar-refractivity contribution in [3.8, 4) is 0 Å². The zero-order chi connectivity index (χ0) is 21.9. The fraction of sp³-hybridized carbons (Fsp3) is 0.158. The molecule has 1 aromatic heterocycles. The molecule has 0 saturated carbocycles. The van der Waals surface area contributed by atoms with Gasteiger partial charge in [0.15, 0.2) is 10.9 Å². The first kappa shape index (κ1) is 21.2. The van der Waals surface area contributed by atoms with Crippen molar-refractivity contribution in [2.75, 3.05) is 10.6 Å². The summed E-state index contributed by atoms with van der Waals surface area (Å²) in [4.78, 5) is 10.2. The summed E-state index contributed by atoms with van der Waals surface area (Å²) >= 11 is 5.21. The van der Waals surface area contributed by atoms with Crippen molar-refractivity contribution in [1.82, 2.24) is 9.78 Å². The van der Waals surface area contributed by atoms with Gasteiger partial charge in [-0.25, -0.2) is 0 Å². The van der Waals surface area contributed by atoms with Crippen LogP contribution in [0.2, 0.25) is 0 Å². The molecule has 0 aliphatic rings. The Hall–Kier alpha value is -3.47. The van der Waals surface area contributed by atoms with Crippen LogP contribution in [0.5, 0.6) is 0 Å². The first-order valence-corrected chi connectivity index (χ1v) is 9.06. The molecule has 1 heterocycles. The Kier molecular flexibility index (Phi) is 6.01. The van der Waals surface area contributed by atoms with Crippen molar-refractivity contribution in [3.63, 3.8) is 0 Å². The van der Waals surface area contributed by atoms with E-state index in [-0.39, 0.29) is 17.3 Å². The third-order valence-corrected chi connectivity index (χ3v) is 4.35. The molecule has 0 atom stereocenters. The summed E-state index contributed by atoms with van der Waals surface area (Å²) in [6.07, 6.45) is -4.41. The molecule has 3 rings (SSSR count). The fourth-order valence-corrected chi connectivity index (χ4v) is 2.92. The molecule has 3 aromatic rings. The monoisotopic (exact) mass is 435 g/mol. The Labute approximate surface area is 174 Å². The molecule has 30 heavy (non-hydrogen) atoms. The number of non-ortho nitro benzene ring substituents is 1. The second-order valence-corrected chi connectivity index (χ2v) is 6.82. The Morgan fingerprint density at radius 1 is 1.17 bits per heavy atom. The van der Waals surface area contributed by atoms with Crippen LogP contribution in [0.25, 0.3) is 0 Å². The highest BCUT2D eigenvalue weighted by Crippen LogP contribution is 2.29. The van der Waals surface area contributed by atoms with Gasteiger partial charge >= 0.3 is 6.18 Å². The average Bonchev–Trinajstić information content (AvgIpc) is 3.00. The molecular weight excluding hydrogens is 419 g/mol. The van der Waals surface area contributed by atoms with E-state index < -0.39 is 16.7 Å². The van der Waals surface area contributed by atoms with Crippen LogP contribution in [0, 0.1) is 17.0 Å². The molecular formula is C19H16F3N5O2S. The molecule has 0 radical (unpaired) electrons. The van der Waals surface area contributed by atoms with Gasteiger partial charge in [0.2, 0.25) is 0 Å². The van der Waals surface area contributed by atoms with Crippen molar-refractivity contribution < 1.29 is 18.1 Å². The number of thiocarbonyl (C=S) groups is 1. The molecule has 156 valence electrons. The molecule has 0 bridgehead atoms. The summed E-state index contributed by atoms with van der Waals surface area (Å²) in [5, 5.41) is 21.0. The minimum Gasteiger partial charge on any atom is -0.332 e. The highest BCUT2D eigenvalue weighted by molar-refractivity contribution is 7.80. The summed E-state index contributed by atoms with van der Waals surface area (Å²) < 4.78 is 40.2. The Morgan fingerprint density at radius 2 is 1.87 bits per heavy atom. The van der Waals surface area contributed by atoms with E-state index in [2.05, 4.69) is 15.7 Å². The summed E-state index contributed by atoms with van der Waals surface area (Å²) in [5.74, 6) is 0.416. The van der Waals surface area contributed by atoms with Gasteiger partial charge in [0.1, 0.15) is 0 Å². The number of alkyl halides is 3. The van der Waals surface area contributed by atoms with E-state index in [0.29, 0.717) is 17.1 Å². The summed E-state index contributed by atoms with van der Waals surface area (Å²) in [6.45, 7) is 1.94. The largest absolute Gasteiger partial charge is 0.416 e. The standard InChI is InChI=1S/C19H16F3N5O2S/c1-12-9-17(24-18(30)23-15-5-7-16(8-6-15)27(28)29)25-26(12)11-13-3-2-4-14(10-13)19(20,21)22/h2-10H,11H2,1H3,(H2,23,24,25,30). The lowest BCUT2D eigenvalue weighted by Gasteiger charge is -2.10. The van der Waals surface area contributed by atoms with Gasteiger partial charge in [-0.1, -0.05) is 12.1 Å². The van der Waals surface area contributed by atoms with Crippen molar-refractivity contribution in [1.29, 1.82) is 0 Å². The number of halogens is 3. The van der Waals surface area contributed by atoms with Gasteiger partial charge in [0.25, 0.3) is 5.69 Å². The van der Waals surface area contributed by atoms with Gasteiger partial charge < -0.3 is 10.6 Å². The number of nitro groups is 1. The fourth-order valence-electron chi connectivity index (χ4n) is 2.70. The Bertz CT molecular complexity index is 1080. The number of aromatic nitrogens is 2. The SMILES string of the molecule is Cc1cc(NC(=S)Nc2ccc([N+](=O)[O-])cc2)nn1Cc1cccc(C(F)(F)F)c1. The molecule has 2 aromatic carbocycles. The second-order valence-electron chi connectivity index (χ2n) is 6.41. The number of anilines is 2. The predicted molar refractivity (Wildman–Crippen MR) is 110 cm³/mol. The molecule has 0 fully saturated rings. The van der Waals surface area contributed by atoms with Crippen LogP contribution in [0.4, 0.5) is 30.4 Å². The third-order valence-electron chi connectivity index (χ3n) is 4.15. The first-order chi connectivity index (χ1) is 14.1. The molecule has 0 amide bonds. The van der Waals surface area contributed by atoms with Gasteiger partial charge in [-0.05, 0) is 49.0 Å². The van der Waals surface area contributed by atoms with E-state index in [9.17, 15) is 23.3 Å². The molecule has 2 N–H and O–H groups in total. The van der Waals surface area contributed by atoms with E-state index in [1.165, 1.54) is 30.3 Å². The van der Waals surface area contributed by atoms with E-state index in [1.807, 2.05) is 0 Å². The second kappa shape index (κ2) is 8.49. The molecule has 0 saturated heterocycles. The van der Waals surface area contributed by atoms with Crippen molar-refractivity contribution in [2.24, 2.45) is 0 Å². The van der Waals surface area contributed by atoms with Crippen LogP contribution in [-0.4, -0.2) is 19.8 Å². The van der Waals surface area contributed by atoms with E-state index >= 15 is 0 Å². The number of nitrogens with one attached hydrogen (secondary N) is 2. The van der Waals surface area contributed by atoms with Crippen LogP contribution in [-0.2, 0) is 12.7 Å². The lowest BCUT2D eigenvalue weighted by Crippen LogP contribution is -2.19. The minimum absolute atomic E-state index is 0.0385. The lowest BCUT2D eigenvalue weighted by atomic mass is 10.1. The highest BCUT2D eigenvalue weighted by atomic mass is 32.1. The number of benzene rings is 2. The smallest absolute Gasteiger partial charge is 0.332 e. The minimum atomic E-state index is -4.41. The van der Waals surface area contributed by atoms with Crippen LogP contribution >= 0.6 is 12.2 Å². The number of aryl methyl sites for hydroxylation is 1. The number of hydrogen-bond donors (Lipinski definition) is 2. The quantitative estimate of drug-likeness (QED) is 0.334. The van der Waals surface area contributed by atoms with Crippen LogP contribution in [0.3, 0.4) is 0 Å². The number of nitro benzene ring substituents is 1. The molecule has 0 spiro atoms. The zero-order valence-electron chi connectivity index (χ0n) is 15.6. The maximum absolute atomic E-state index is 12.9. The van der Waals surface area contributed by atoms with Gasteiger partial charge in [-0.2, -0.15) is 18.3 Å². The lowest BCUT2D eigenvalue weighted by molar-refractivity contribution is -0.384. The van der Waals surface area contributed by atoms with Crippen LogP contribution < -0.4 is 10.6 Å². The van der Waals surface area contributed by atoms with Crippen molar-refractivity contribution in [3.05, 3.63) is 81.5 Å². The molecule has 0 aliphatic heterocycles. The number of hydrogen-bond acceptors (Lipinski definition) is 4. The van der Waals surface area contributed by atoms with Gasteiger partial charge in [0, 0.05) is 29.6 Å². The average molecular weight is 435 g/mol. The van der Waals surface area contributed by atoms with Crippen molar-refractivity contribution >= 4 is 34.5 Å². The summed E-state index contributed by atoms with van der Waals surface area (Å²) in [5.41, 5.74) is 1.00. The predicted octanol–water partition coefficient (Wildman–Crippen LogP) is 4.98. The van der Waals surface area contributed by atoms with Gasteiger partial charge in [0.05, 0.1) is 17.0 Å². The summed E-state index contributed by atoms with van der Waals surface area (Å²) in [6, 6.07) is 12.5. The summed E-state index contributed by atoms with van der Waals surface area (Å²) in [7, 11) is 0. The van der Waals surface area contributed by atoms with Crippen LogP contribution in [0.15, 0.2) is 54.6 Å². The van der Waals surface area contributed by atoms with E-state index in [4.69, 9.17) is 12.2 Å². The topological polar surface area (TPSA) is 85.0 Å². The first-order valence-electron chi connectivity index (χ1n) is 8.65. The number of nitrogens with zero attached hydrogens (tertiary/aromatic N) is 3. The van der Waals surface area contributed by atoms with Crippen LogP contribution in [0.1, 0.15) is 16.8 Å². The van der Waals surface area contributed by atoms with Gasteiger partial charge in [-0.3, -0.25) is 14.8 Å². The van der Waals surface area contributed by atoms with Crippen molar-refractivity contribution in [2.45, 2.75) is 19.6 Å². The van der Waals surface area contributed by atoms with Gasteiger partial charge in [-0.15, -0.1) is 0 Å². The third kappa shape index (κ3) is 5.32. The van der Waals surface area contributed by atoms with E-state index in [1.54, 1.807) is 23.7 Å². The maximum atomic E-state index is 12.9. The highest BCUT2D eigenvalue weighted by Gasteiger charge is 2.30. The molecule has 11 heteroatoms. The molecule has 7 nitrogen and oxygen atoms in total. The Balaban J connectivity index is 1.66. The molecule has 0 unspecified atom stereocenters. The van der Waals surface area contributed by atoms with E-state index in [0.717, 1.165) is 17.8 Å².